The van der Waals surface area contributed by atoms with Gasteiger partial charge in [-0.05, 0) is 23.9 Å². The van der Waals surface area contributed by atoms with Gasteiger partial charge in [0.25, 0.3) is 5.69 Å². The van der Waals surface area contributed by atoms with Gasteiger partial charge in [0.2, 0.25) is 0 Å². The number of rotatable bonds is 5. The molecule has 138 valence electrons. The lowest BCUT2D eigenvalue weighted by atomic mass is 10.1. The molecule has 0 fully saturated rings. The zero-order chi connectivity index (χ0) is 19.4. The molecule has 0 aliphatic heterocycles. The van der Waals surface area contributed by atoms with Crippen LogP contribution >= 0.6 is 0 Å². The van der Waals surface area contributed by atoms with E-state index in [0.717, 1.165) is 5.39 Å². The molecule has 3 aromatic rings. The fourth-order valence-corrected chi connectivity index (χ4v) is 2.87. The predicted octanol–water partition coefficient (Wildman–Crippen LogP) is 4.62. The number of nitro benzene ring substituents is 1. The molecule has 0 saturated carbocycles. The van der Waals surface area contributed by atoms with Crippen LogP contribution in [0.1, 0.15) is 12.5 Å². The van der Waals surface area contributed by atoms with Crippen LogP contribution in [0, 0.1) is 10.1 Å². The first-order chi connectivity index (χ1) is 13.0. The van der Waals surface area contributed by atoms with Crippen molar-refractivity contribution in [3.05, 3.63) is 76.3 Å². The second-order valence-electron chi connectivity index (χ2n) is 5.86. The molecule has 0 atom stereocenters. The lowest BCUT2D eigenvalue weighted by Crippen LogP contribution is -2.31. The van der Waals surface area contributed by atoms with Gasteiger partial charge in [-0.25, -0.2) is 4.79 Å². The highest BCUT2D eigenvalue weighted by Crippen LogP contribution is 2.37. The fourth-order valence-electron chi connectivity index (χ4n) is 2.87. The fraction of sp³-hybridized carbons (Fsp3) is 0.150. The molecule has 0 aliphatic rings. The molecular weight excluding hydrogens is 348 g/mol. The van der Waals surface area contributed by atoms with Gasteiger partial charge in [0.05, 0.1) is 23.8 Å². The summed E-state index contributed by atoms with van der Waals surface area (Å²) < 4.78 is 5.16. The molecule has 0 unspecified atom stereocenters. The number of fused-ring (bicyclic) bond motifs is 1. The number of carbonyl (C=O) groups is 1. The third-order valence-corrected chi connectivity index (χ3v) is 4.13. The topological polar surface area (TPSA) is 92.9 Å². The molecule has 3 aromatic carbocycles. The number of hydrogen-bond donors (Lipinski definition) is 1. The van der Waals surface area contributed by atoms with Gasteiger partial charge in [0.15, 0.2) is 0 Å². The van der Waals surface area contributed by atoms with Crippen LogP contribution in [0.15, 0.2) is 60.7 Å². The Morgan fingerprint density at radius 3 is 2.48 bits per heavy atom. The average molecular weight is 366 g/mol. The summed E-state index contributed by atoms with van der Waals surface area (Å²) in [6.07, 6.45) is -0.609. The van der Waals surface area contributed by atoms with Crippen molar-refractivity contribution < 1.29 is 19.6 Å². The Morgan fingerprint density at radius 1 is 1.11 bits per heavy atom. The number of phenols is 1. The van der Waals surface area contributed by atoms with Gasteiger partial charge < -0.3 is 9.84 Å². The average Bonchev–Trinajstić information content (AvgIpc) is 2.67. The van der Waals surface area contributed by atoms with Crippen molar-refractivity contribution in [1.82, 2.24) is 0 Å². The van der Waals surface area contributed by atoms with Gasteiger partial charge >= 0.3 is 6.09 Å². The zero-order valence-electron chi connectivity index (χ0n) is 14.7. The maximum absolute atomic E-state index is 12.6. The largest absolute Gasteiger partial charge is 0.506 e. The SMILES string of the molecule is CCOC(=O)N(Cc1ccc([N+](=O)[O-])cc1)c1c(O)ccc2ccccc12. The van der Waals surface area contributed by atoms with E-state index in [1.807, 2.05) is 24.3 Å². The number of phenolic OH excluding ortho intramolecular Hbond substituents is 1. The number of non-ortho nitro benzene ring substituents is 1. The molecule has 0 bridgehead atoms. The summed E-state index contributed by atoms with van der Waals surface area (Å²) >= 11 is 0. The highest BCUT2D eigenvalue weighted by Gasteiger charge is 2.23. The summed E-state index contributed by atoms with van der Waals surface area (Å²) in [5.74, 6) is -0.0522. The summed E-state index contributed by atoms with van der Waals surface area (Å²) in [7, 11) is 0. The molecule has 0 heterocycles. The van der Waals surface area contributed by atoms with E-state index in [2.05, 4.69) is 0 Å². The van der Waals surface area contributed by atoms with Crippen molar-refractivity contribution in [1.29, 1.82) is 0 Å². The van der Waals surface area contributed by atoms with Crippen LogP contribution in [0.4, 0.5) is 16.2 Å². The van der Waals surface area contributed by atoms with E-state index in [0.29, 0.717) is 16.6 Å². The minimum absolute atomic E-state index is 0.0329. The van der Waals surface area contributed by atoms with Gasteiger partial charge in [0, 0.05) is 17.5 Å². The number of ether oxygens (including phenoxy) is 1. The molecule has 0 saturated heterocycles. The van der Waals surface area contributed by atoms with E-state index in [-0.39, 0.29) is 24.6 Å². The molecule has 0 radical (unpaired) electrons. The van der Waals surface area contributed by atoms with Crippen LogP contribution in [-0.4, -0.2) is 22.7 Å². The quantitative estimate of drug-likeness (QED) is 0.525. The highest BCUT2D eigenvalue weighted by molar-refractivity contribution is 6.04. The summed E-state index contributed by atoms with van der Waals surface area (Å²) in [5, 5.41) is 22.8. The van der Waals surface area contributed by atoms with E-state index in [4.69, 9.17) is 4.74 Å². The van der Waals surface area contributed by atoms with Gasteiger partial charge in [-0.15, -0.1) is 0 Å². The Labute approximate surface area is 155 Å². The summed E-state index contributed by atoms with van der Waals surface area (Å²) in [6.45, 7) is 1.98. The first-order valence-corrected chi connectivity index (χ1v) is 8.39. The van der Waals surface area contributed by atoms with Crippen LogP contribution < -0.4 is 4.90 Å². The molecule has 1 N–H and O–H groups in total. The number of aromatic hydroxyl groups is 1. The maximum atomic E-state index is 12.6. The molecular formula is C20H18N2O5. The van der Waals surface area contributed by atoms with Gasteiger partial charge in [-0.2, -0.15) is 0 Å². The molecule has 1 amide bonds. The van der Waals surface area contributed by atoms with Crippen molar-refractivity contribution in [3.8, 4) is 5.75 Å². The molecule has 27 heavy (non-hydrogen) atoms. The van der Waals surface area contributed by atoms with E-state index in [9.17, 15) is 20.0 Å². The van der Waals surface area contributed by atoms with Crippen LogP contribution in [0.2, 0.25) is 0 Å². The van der Waals surface area contributed by atoms with Crippen molar-refractivity contribution in [2.75, 3.05) is 11.5 Å². The normalized spacial score (nSPS) is 10.6. The third kappa shape index (κ3) is 3.82. The van der Waals surface area contributed by atoms with Crippen molar-refractivity contribution in [2.24, 2.45) is 0 Å². The number of amides is 1. The molecule has 0 aliphatic carbocycles. The Kier molecular flexibility index (Phi) is 5.21. The second kappa shape index (κ2) is 7.74. The predicted molar refractivity (Wildman–Crippen MR) is 102 cm³/mol. The number of nitrogens with zero attached hydrogens (tertiary/aromatic N) is 2. The van der Waals surface area contributed by atoms with Gasteiger partial charge in [-0.3, -0.25) is 15.0 Å². The second-order valence-corrected chi connectivity index (χ2v) is 5.86. The lowest BCUT2D eigenvalue weighted by molar-refractivity contribution is -0.384. The standard InChI is InChI=1S/C20H18N2O5/c1-2-27-20(24)21(13-14-7-10-16(11-8-14)22(25)26)19-17-6-4-3-5-15(17)9-12-18(19)23/h3-12,23H,2,13H2,1H3. The van der Waals surface area contributed by atoms with Crippen LogP contribution in [0.25, 0.3) is 10.8 Å². The van der Waals surface area contributed by atoms with Gasteiger partial charge in [-0.1, -0.05) is 42.5 Å². The molecule has 7 heteroatoms. The molecule has 3 rings (SSSR count). The third-order valence-electron chi connectivity index (χ3n) is 4.13. The summed E-state index contributed by atoms with van der Waals surface area (Å²) in [4.78, 5) is 24.3. The van der Waals surface area contributed by atoms with Crippen molar-refractivity contribution in [3.63, 3.8) is 0 Å². The Morgan fingerprint density at radius 2 is 1.81 bits per heavy atom. The minimum atomic E-state index is -0.609. The van der Waals surface area contributed by atoms with Crippen molar-refractivity contribution >= 4 is 28.2 Å². The first kappa shape index (κ1) is 18.2. The van der Waals surface area contributed by atoms with Gasteiger partial charge in [0.1, 0.15) is 5.75 Å². The van der Waals surface area contributed by atoms with E-state index < -0.39 is 11.0 Å². The van der Waals surface area contributed by atoms with E-state index in [1.54, 1.807) is 25.1 Å². The van der Waals surface area contributed by atoms with Crippen LogP contribution in [0.3, 0.4) is 0 Å². The molecule has 0 spiro atoms. The van der Waals surface area contributed by atoms with E-state index >= 15 is 0 Å². The van der Waals surface area contributed by atoms with Crippen LogP contribution in [0.5, 0.6) is 5.75 Å². The summed E-state index contributed by atoms with van der Waals surface area (Å²) in [5.41, 5.74) is 0.973. The number of hydrogen-bond acceptors (Lipinski definition) is 5. The first-order valence-electron chi connectivity index (χ1n) is 8.39. The number of benzene rings is 3. The van der Waals surface area contributed by atoms with Crippen molar-refractivity contribution in [2.45, 2.75) is 13.5 Å². The Bertz CT molecular complexity index is 985. The lowest BCUT2D eigenvalue weighted by Gasteiger charge is -2.24. The highest BCUT2D eigenvalue weighted by atomic mass is 16.6. The number of carbonyl (C=O) groups excluding carboxylic acids is 1. The number of nitro groups is 1. The molecule has 7 nitrogen and oxygen atoms in total. The smallest absolute Gasteiger partial charge is 0.414 e. The monoisotopic (exact) mass is 366 g/mol. The van der Waals surface area contributed by atoms with E-state index in [1.165, 1.54) is 23.1 Å². The Hall–Kier alpha value is -3.61. The van der Waals surface area contributed by atoms with Crippen LogP contribution in [-0.2, 0) is 11.3 Å². The zero-order valence-corrected chi connectivity index (χ0v) is 14.7. The molecule has 0 aromatic heterocycles. The maximum Gasteiger partial charge on any atom is 0.414 e. The number of anilines is 1. The Balaban J connectivity index is 2.06. The summed E-state index contributed by atoms with van der Waals surface area (Å²) in [6, 6.07) is 16.6. The minimum Gasteiger partial charge on any atom is -0.506 e.